The maximum Gasteiger partial charge on any atom is 0.128 e. The molecule has 0 amide bonds. The van der Waals surface area contributed by atoms with Gasteiger partial charge in [0.2, 0.25) is 0 Å². The molecular weight excluding hydrogens is 213 g/mol. The molecule has 0 saturated heterocycles. The van der Waals surface area contributed by atoms with Gasteiger partial charge in [-0.3, -0.25) is 0 Å². The van der Waals surface area contributed by atoms with Crippen molar-refractivity contribution in [2.24, 2.45) is 5.92 Å². The topological polar surface area (TPSA) is 12.0 Å². The summed E-state index contributed by atoms with van der Waals surface area (Å²) in [4.78, 5) is 0. The Morgan fingerprint density at radius 3 is 2.76 bits per heavy atom. The van der Waals surface area contributed by atoms with Crippen LogP contribution in [0.2, 0.25) is 0 Å². The van der Waals surface area contributed by atoms with Gasteiger partial charge < -0.3 is 5.32 Å². The quantitative estimate of drug-likeness (QED) is 0.814. The third-order valence-electron chi connectivity index (χ3n) is 3.72. The molecule has 0 heterocycles. The standard InChI is InChI=1S/C15H22FN/c1-3-9-17-15(12-5-4-6-12)13-10-11(2)7-8-14(13)16/h7-8,10,12,15,17H,3-6,9H2,1-2H3. The minimum absolute atomic E-state index is 0.0592. The van der Waals surface area contributed by atoms with Crippen LogP contribution in [-0.2, 0) is 0 Å². The number of halogens is 1. The second kappa shape index (κ2) is 5.63. The van der Waals surface area contributed by atoms with Gasteiger partial charge >= 0.3 is 0 Å². The SMILES string of the molecule is CCCNC(c1cc(C)ccc1F)C1CCC1. The number of nitrogens with one attached hydrogen (secondary N) is 1. The molecule has 1 atom stereocenters. The Morgan fingerprint density at radius 2 is 2.18 bits per heavy atom. The first-order valence-corrected chi connectivity index (χ1v) is 6.71. The molecule has 17 heavy (non-hydrogen) atoms. The number of hydrogen-bond acceptors (Lipinski definition) is 1. The zero-order valence-corrected chi connectivity index (χ0v) is 10.8. The van der Waals surface area contributed by atoms with E-state index in [4.69, 9.17) is 0 Å². The third kappa shape index (κ3) is 2.86. The maximum atomic E-state index is 13.9. The van der Waals surface area contributed by atoms with Crippen LogP contribution in [0.1, 0.15) is 49.8 Å². The molecule has 1 nitrogen and oxygen atoms in total. The molecular formula is C15H22FN. The van der Waals surface area contributed by atoms with Gasteiger partial charge in [-0.15, -0.1) is 0 Å². The minimum Gasteiger partial charge on any atom is -0.310 e. The molecule has 1 unspecified atom stereocenters. The summed E-state index contributed by atoms with van der Waals surface area (Å²) in [5, 5.41) is 3.52. The van der Waals surface area contributed by atoms with Crippen molar-refractivity contribution in [3.8, 4) is 0 Å². The van der Waals surface area contributed by atoms with Crippen molar-refractivity contribution in [2.75, 3.05) is 6.54 Å². The summed E-state index contributed by atoms with van der Waals surface area (Å²) in [5.74, 6) is 0.564. The minimum atomic E-state index is -0.0592. The number of rotatable bonds is 5. The second-order valence-electron chi connectivity index (χ2n) is 5.15. The van der Waals surface area contributed by atoms with E-state index in [1.54, 1.807) is 6.07 Å². The molecule has 94 valence electrons. The lowest BCUT2D eigenvalue weighted by molar-refractivity contribution is 0.227. The van der Waals surface area contributed by atoms with Crippen LogP contribution in [-0.4, -0.2) is 6.54 Å². The maximum absolute atomic E-state index is 13.9. The summed E-state index contributed by atoms with van der Waals surface area (Å²) in [7, 11) is 0. The number of benzene rings is 1. The molecule has 1 aromatic carbocycles. The van der Waals surface area contributed by atoms with Gasteiger partial charge in [0.05, 0.1) is 0 Å². The van der Waals surface area contributed by atoms with Crippen molar-refractivity contribution in [1.29, 1.82) is 0 Å². The molecule has 0 radical (unpaired) electrons. The Morgan fingerprint density at radius 1 is 1.41 bits per heavy atom. The predicted molar refractivity (Wildman–Crippen MR) is 69.5 cm³/mol. The normalized spacial score (nSPS) is 17.8. The lowest BCUT2D eigenvalue weighted by Crippen LogP contribution is -2.33. The van der Waals surface area contributed by atoms with E-state index in [1.807, 2.05) is 19.1 Å². The first-order chi connectivity index (χ1) is 8.22. The fourth-order valence-electron chi connectivity index (χ4n) is 2.51. The summed E-state index contributed by atoms with van der Waals surface area (Å²) >= 11 is 0. The Labute approximate surface area is 103 Å². The Kier molecular flexibility index (Phi) is 4.16. The summed E-state index contributed by atoms with van der Waals surface area (Å²) in [6, 6.07) is 5.66. The lowest BCUT2D eigenvalue weighted by Gasteiger charge is -2.35. The zero-order valence-electron chi connectivity index (χ0n) is 10.8. The van der Waals surface area contributed by atoms with Gasteiger partial charge in [-0.25, -0.2) is 4.39 Å². The summed E-state index contributed by atoms with van der Waals surface area (Å²) < 4.78 is 13.9. The van der Waals surface area contributed by atoms with E-state index in [-0.39, 0.29) is 11.9 Å². The van der Waals surface area contributed by atoms with Gasteiger partial charge in [0.25, 0.3) is 0 Å². The van der Waals surface area contributed by atoms with Gasteiger partial charge in [0.15, 0.2) is 0 Å². The summed E-state index contributed by atoms with van der Waals surface area (Å²) in [6.45, 7) is 5.15. The molecule has 0 spiro atoms. The highest BCUT2D eigenvalue weighted by Gasteiger charge is 2.29. The number of hydrogen-bond donors (Lipinski definition) is 1. The monoisotopic (exact) mass is 235 g/mol. The van der Waals surface area contributed by atoms with Crippen molar-refractivity contribution >= 4 is 0 Å². The molecule has 0 aliphatic heterocycles. The van der Waals surface area contributed by atoms with Crippen molar-refractivity contribution in [3.63, 3.8) is 0 Å². The largest absolute Gasteiger partial charge is 0.310 e. The van der Waals surface area contributed by atoms with Crippen LogP contribution in [0.3, 0.4) is 0 Å². The number of aryl methyl sites for hydroxylation is 1. The highest BCUT2D eigenvalue weighted by molar-refractivity contribution is 5.27. The highest BCUT2D eigenvalue weighted by atomic mass is 19.1. The summed E-state index contributed by atoms with van der Waals surface area (Å²) in [5.41, 5.74) is 2.01. The molecule has 0 aromatic heterocycles. The Balaban J connectivity index is 2.20. The third-order valence-corrected chi connectivity index (χ3v) is 3.72. The predicted octanol–water partition coefficient (Wildman–Crippen LogP) is 3.97. The van der Waals surface area contributed by atoms with Crippen molar-refractivity contribution in [1.82, 2.24) is 5.32 Å². The molecule has 0 bridgehead atoms. The fraction of sp³-hybridized carbons (Fsp3) is 0.600. The van der Waals surface area contributed by atoms with Crippen LogP contribution < -0.4 is 5.32 Å². The van der Waals surface area contributed by atoms with Crippen LogP contribution in [0.5, 0.6) is 0 Å². The summed E-state index contributed by atoms with van der Waals surface area (Å²) in [6.07, 6.45) is 4.85. The van der Waals surface area contributed by atoms with Crippen LogP contribution in [0.15, 0.2) is 18.2 Å². The molecule has 2 heteroatoms. The second-order valence-corrected chi connectivity index (χ2v) is 5.15. The van der Waals surface area contributed by atoms with Crippen LogP contribution in [0, 0.1) is 18.7 Å². The molecule has 1 aromatic rings. The smallest absolute Gasteiger partial charge is 0.128 e. The first-order valence-electron chi connectivity index (χ1n) is 6.71. The average molecular weight is 235 g/mol. The molecule has 1 fully saturated rings. The van der Waals surface area contributed by atoms with Gasteiger partial charge in [-0.2, -0.15) is 0 Å². The van der Waals surface area contributed by atoms with Crippen molar-refractivity contribution < 1.29 is 4.39 Å². The molecule has 1 saturated carbocycles. The van der Waals surface area contributed by atoms with E-state index in [0.29, 0.717) is 5.92 Å². The molecule has 2 rings (SSSR count). The zero-order chi connectivity index (χ0) is 12.3. The van der Waals surface area contributed by atoms with Crippen molar-refractivity contribution in [3.05, 3.63) is 35.1 Å². The fourth-order valence-corrected chi connectivity index (χ4v) is 2.51. The van der Waals surface area contributed by atoms with E-state index in [2.05, 4.69) is 12.2 Å². The highest BCUT2D eigenvalue weighted by Crippen LogP contribution is 2.38. The van der Waals surface area contributed by atoms with E-state index in [9.17, 15) is 4.39 Å². The van der Waals surface area contributed by atoms with E-state index in [0.717, 1.165) is 24.1 Å². The van der Waals surface area contributed by atoms with Crippen LogP contribution in [0.25, 0.3) is 0 Å². The average Bonchev–Trinajstić information content (AvgIpc) is 2.25. The van der Waals surface area contributed by atoms with Gasteiger partial charge in [-0.05, 0) is 44.7 Å². The van der Waals surface area contributed by atoms with Crippen LogP contribution >= 0.6 is 0 Å². The van der Waals surface area contributed by atoms with E-state index in [1.165, 1.54) is 19.3 Å². The van der Waals surface area contributed by atoms with Crippen molar-refractivity contribution in [2.45, 2.75) is 45.6 Å². The Bertz CT molecular complexity index is 371. The first kappa shape index (κ1) is 12.6. The Hall–Kier alpha value is -0.890. The molecule has 1 N–H and O–H groups in total. The molecule has 1 aliphatic rings. The van der Waals surface area contributed by atoms with Gasteiger partial charge in [0.1, 0.15) is 5.82 Å². The lowest BCUT2D eigenvalue weighted by atomic mass is 9.77. The van der Waals surface area contributed by atoms with Crippen LogP contribution in [0.4, 0.5) is 4.39 Å². The molecule has 1 aliphatic carbocycles. The van der Waals surface area contributed by atoms with Gasteiger partial charge in [-0.1, -0.05) is 31.0 Å². The van der Waals surface area contributed by atoms with E-state index >= 15 is 0 Å². The van der Waals surface area contributed by atoms with Gasteiger partial charge in [0, 0.05) is 11.6 Å². The van der Waals surface area contributed by atoms with E-state index < -0.39 is 0 Å².